The molecule has 20 heavy (non-hydrogen) atoms. The quantitative estimate of drug-likeness (QED) is 0.854. The molecule has 0 aliphatic carbocycles. The first-order chi connectivity index (χ1) is 9.55. The van der Waals surface area contributed by atoms with Crippen molar-refractivity contribution in [3.05, 3.63) is 23.5 Å². The Kier molecular flexibility index (Phi) is 4.83. The molecular weight excluding hydrogens is 268 g/mol. The summed E-state index contributed by atoms with van der Waals surface area (Å²) >= 11 is 1.66. The van der Waals surface area contributed by atoms with E-state index in [1.807, 2.05) is 6.20 Å². The van der Waals surface area contributed by atoms with Gasteiger partial charge in [-0.15, -0.1) is 11.3 Å². The second-order valence-corrected chi connectivity index (χ2v) is 6.39. The van der Waals surface area contributed by atoms with Crippen LogP contribution in [0.2, 0.25) is 0 Å². The van der Waals surface area contributed by atoms with Crippen molar-refractivity contribution in [2.24, 2.45) is 5.73 Å². The van der Waals surface area contributed by atoms with Gasteiger partial charge >= 0.3 is 0 Å². The van der Waals surface area contributed by atoms with Crippen LogP contribution in [0.5, 0.6) is 0 Å². The van der Waals surface area contributed by atoms with Crippen molar-refractivity contribution < 1.29 is 0 Å². The van der Waals surface area contributed by atoms with Crippen LogP contribution in [0.1, 0.15) is 39.8 Å². The maximum atomic E-state index is 6.55. The average molecular weight is 294 g/mol. The van der Waals surface area contributed by atoms with Crippen LogP contribution in [-0.4, -0.2) is 39.0 Å². The molecule has 2 N–H and O–H groups in total. The maximum Gasteiger partial charge on any atom is 0.193 e. The minimum Gasteiger partial charge on any atom is -0.326 e. The molecule has 2 aromatic rings. The SMILES string of the molecule is CCN(CC)C(C)(CC)C(N)Cc1cn2ccsc2n1. The lowest BCUT2D eigenvalue weighted by molar-refractivity contribution is 0.0842. The van der Waals surface area contributed by atoms with E-state index < -0.39 is 0 Å². The number of hydrogen-bond acceptors (Lipinski definition) is 4. The molecule has 0 radical (unpaired) electrons. The summed E-state index contributed by atoms with van der Waals surface area (Å²) in [6, 6.07) is 0.0945. The Hall–Kier alpha value is -0.910. The number of thiazole rings is 1. The van der Waals surface area contributed by atoms with Crippen molar-refractivity contribution in [3.8, 4) is 0 Å². The maximum absolute atomic E-state index is 6.55. The molecule has 2 aromatic heterocycles. The number of aromatic nitrogens is 2. The van der Waals surface area contributed by atoms with Crippen molar-refractivity contribution in [1.82, 2.24) is 14.3 Å². The summed E-state index contributed by atoms with van der Waals surface area (Å²) in [4.78, 5) is 8.17. The zero-order valence-electron chi connectivity index (χ0n) is 13.0. The van der Waals surface area contributed by atoms with Gasteiger partial charge < -0.3 is 5.73 Å². The van der Waals surface area contributed by atoms with Gasteiger partial charge in [0.05, 0.1) is 5.69 Å². The van der Waals surface area contributed by atoms with E-state index in [-0.39, 0.29) is 11.6 Å². The molecule has 112 valence electrons. The predicted octanol–water partition coefficient (Wildman–Crippen LogP) is 2.78. The molecule has 4 nitrogen and oxygen atoms in total. The molecule has 0 saturated heterocycles. The summed E-state index contributed by atoms with van der Waals surface area (Å²) in [6.07, 6.45) is 6.03. The zero-order chi connectivity index (χ0) is 14.8. The van der Waals surface area contributed by atoms with Crippen LogP contribution in [-0.2, 0) is 6.42 Å². The third kappa shape index (κ3) is 2.75. The lowest BCUT2D eigenvalue weighted by atomic mass is 9.85. The minimum absolute atomic E-state index is 0.0283. The van der Waals surface area contributed by atoms with Gasteiger partial charge in [-0.3, -0.25) is 9.30 Å². The van der Waals surface area contributed by atoms with E-state index in [9.17, 15) is 0 Å². The summed E-state index contributed by atoms with van der Waals surface area (Å²) in [5, 5.41) is 2.05. The van der Waals surface area contributed by atoms with Crippen LogP contribution in [0.15, 0.2) is 17.8 Å². The smallest absolute Gasteiger partial charge is 0.193 e. The highest BCUT2D eigenvalue weighted by Gasteiger charge is 2.35. The van der Waals surface area contributed by atoms with Crippen LogP contribution in [0.3, 0.4) is 0 Å². The fourth-order valence-corrected chi connectivity index (χ4v) is 3.70. The van der Waals surface area contributed by atoms with Crippen LogP contribution < -0.4 is 5.73 Å². The number of nitrogens with two attached hydrogens (primary N) is 1. The number of rotatable bonds is 7. The Morgan fingerprint density at radius 2 is 2.10 bits per heavy atom. The van der Waals surface area contributed by atoms with Gasteiger partial charge in [0.2, 0.25) is 0 Å². The van der Waals surface area contributed by atoms with Crippen molar-refractivity contribution >= 4 is 16.3 Å². The molecule has 0 fully saturated rings. The fourth-order valence-electron chi connectivity index (χ4n) is 2.99. The fraction of sp³-hybridized carbons (Fsp3) is 0.667. The number of hydrogen-bond donors (Lipinski definition) is 1. The summed E-state index contributed by atoms with van der Waals surface area (Å²) in [5.74, 6) is 0. The minimum atomic E-state index is 0.0283. The van der Waals surface area contributed by atoms with Crippen molar-refractivity contribution in [2.45, 2.75) is 52.1 Å². The van der Waals surface area contributed by atoms with Crippen molar-refractivity contribution in [3.63, 3.8) is 0 Å². The van der Waals surface area contributed by atoms with Gasteiger partial charge in [0.15, 0.2) is 4.96 Å². The lowest BCUT2D eigenvalue weighted by Crippen LogP contribution is -2.58. The summed E-state index contributed by atoms with van der Waals surface area (Å²) in [5.41, 5.74) is 7.67. The molecule has 0 amide bonds. The Labute approximate surface area is 125 Å². The topological polar surface area (TPSA) is 46.6 Å². The second kappa shape index (κ2) is 6.24. The van der Waals surface area contributed by atoms with Crippen LogP contribution in [0.4, 0.5) is 0 Å². The van der Waals surface area contributed by atoms with E-state index >= 15 is 0 Å². The van der Waals surface area contributed by atoms with Crippen LogP contribution in [0, 0.1) is 0 Å². The first-order valence-electron chi connectivity index (χ1n) is 7.46. The van der Waals surface area contributed by atoms with Gasteiger partial charge in [-0.25, -0.2) is 4.98 Å². The van der Waals surface area contributed by atoms with Crippen LogP contribution in [0.25, 0.3) is 4.96 Å². The molecular formula is C15H26N4S. The molecule has 2 heterocycles. The van der Waals surface area contributed by atoms with Gasteiger partial charge in [-0.1, -0.05) is 20.8 Å². The first kappa shape index (κ1) is 15.5. The standard InChI is InChI=1S/C15H26N4S/c1-5-15(4,19(6-2)7-3)13(16)10-12-11-18-8-9-20-14(18)17-12/h8-9,11,13H,5-7,10,16H2,1-4H3. The molecule has 0 bridgehead atoms. The van der Waals surface area contributed by atoms with E-state index in [2.05, 4.69) is 53.6 Å². The third-order valence-corrected chi connectivity index (χ3v) is 5.34. The molecule has 0 aromatic carbocycles. The number of fused-ring (bicyclic) bond motifs is 1. The predicted molar refractivity (Wildman–Crippen MR) is 86.4 cm³/mol. The third-order valence-electron chi connectivity index (χ3n) is 4.57. The van der Waals surface area contributed by atoms with Crippen molar-refractivity contribution in [2.75, 3.05) is 13.1 Å². The number of nitrogens with zero attached hydrogens (tertiary/aromatic N) is 3. The molecule has 0 saturated carbocycles. The monoisotopic (exact) mass is 294 g/mol. The van der Waals surface area contributed by atoms with E-state index in [1.165, 1.54) is 0 Å². The molecule has 2 atom stereocenters. The highest BCUT2D eigenvalue weighted by Crippen LogP contribution is 2.25. The molecule has 0 aliphatic rings. The number of likely N-dealkylation sites (N-methyl/N-ethyl adjacent to an activating group) is 1. The highest BCUT2D eigenvalue weighted by molar-refractivity contribution is 7.15. The van der Waals surface area contributed by atoms with E-state index in [4.69, 9.17) is 5.73 Å². The molecule has 2 unspecified atom stereocenters. The number of imidazole rings is 1. The van der Waals surface area contributed by atoms with Gasteiger partial charge in [-0.2, -0.15) is 0 Å². The summed E-state index contributed by atoms with van der Waals surface area (Å²) in [6.45, 7) is 11.0. The molecule has 0 spiro atoms. The van der Waals surface area contributed by atoms with Gasteiger partial charge in [-0.05, 0) is 26.4 Å². The van der Waals surface area contributed by atoms with Gasteiger partial charge in [0, 0.05) is 35.8 Å². The summed E-state index contributed by atoms with van der Waals surface area (Å²) in [7, 11) is 0. The second-order valence-electron chi connectivity index (χ2n) is 5.52. The molecule has 0 aliphatic heterocycles. The van der Waals surface area contributed by atoms with E-state index in [1.54, 1.807) is 11.3 Å². The Morgan fingerprint density at radius 1 is 1.40 bits per heavy atom. The largest absolute Gasteiger partial charge is 0.326 e. The summed E-state index contributed by atoms with van der Waals surface area (Å²) < 4.78 is 2.08. The lowest BCUT2D eigenvalue weighted by Gasteiger charge is -2.44. The molecule has 2 rings (SSSR count). The Balaban J connectivity index is 2.16. The van der Waals surface area contributed by atoms with E-state index in [0.29, 0.717) is 0 Å². The first-order valence-corrected chi connectivity index (χ1v) is 8.34. The molecule has 5 heteroatoms. The van der Waals surface area contributed by atoms with E-state index in [0.717, 1.165) is 36.6 Å². The zero-order valence-corrected chi connectivity index (χ0v) is 13.8. The van der Waals surface area contributed by atoms with Gasteiger partial charge in [0.1, 0.15) is 0 Å². The van der Waals surface area contributed by atoms with Crippen LogP contribution >= 0.6 is 11.3 Å². The Morgan fingerprint density at radius 3 is 2.65 bits per heavy atom. The highest BCUT2D eigenvalue weighted by atomic mass is 32.1. The Bertz CT molecular complexity index is 514. The average Bonchev–Trinajstić information content (AvgIpc) is 3.00. The van der Waals surface area contributed by atoms with Gasteiger partial charge in [0.25, 0.3) is 0 Å². The van der Waals surface area contributed by atoms with Crippen molar-refractivity contribution in [1.29, 1.82) is 0 Å². The normalized spacial score (nSPS) is 16.7.